The van der Waals surface area contributed by atoms with Crippen molar-refractivity contribution in [2.45, 2.75) is 6.42 Å². The van der Waals surface area contributed by atoms with Crippen molar-refractivity contribution in [2.24, 2.45) is 40.9 Å². The number of ether oxygens (including phenoxy) is 1. The summed E-state index contributed by atoms with van der Waals surface area (Å²) >= 11 is 6.34. The summed E-state index contributed by atoms with van der Waals surface area (Å²) in [4.78, 5) is 28.2. The topological polar surface area (TPSA) is 46.6 Å². The Kier molecular flexibility index (Phi) is 2.56. The predicted molar refractivity (Wildman–Crippen MR) is 80.3 cm³/mol. The van der Waals surface area contributed by atoms with Gasteiger partial charge in [-0.2, -0.15) is 0 Å². The SMILES string of the molecule is C=C1C2C(=O)C3(CCl)C4CC(C1C24)C3C(=O)N1CCOCC1. The van der Waals surface area contributed by atoms with Crippen LogP contribution < -0.4 is 0 Å². The van der Waals surface area contributed by atoms with Crippen molar-refractivity contribution in [3.63, 3.8) is 0 Å². The second kappa shape index (κ2) is 4.15. The molecule has 0 spiro atoms. The number of fused-ring (bicyclic) bond motifs is 2. The largest absolute Gasteiger partial charge is 0.378 e. The van der Waals surface area contributed by atoms with Crippen molar-refractivity contribution in [2.75, 3.05) is 32.2 Å². The molecule has 4 aliphatic carbocycles. The molecule has 5 aliphatic rings. The van der Waals surface area contributed by atoms with Crippen molar-refractivity contribution in [1.82, 2.24) is 4.90 Å². The lowest BCUT2D eigenvalue weighted by molar-refractivity contribution is -0.150. The lowest BCUT2D eigenvalue weighted by atomic mass is 9.57. The standard InChI is InChI=1S/C17H20ClNO3/c1-8-11-9-6-10-13(11)12(8)15(20)17(10,7-18)14(9)16(21)19-2-4-22-5-3-19/h9-14H,1-7H2. The van der Waals surface area contributed by atoms with Crippen LogP contribution in [-0.4, -0.2) is 48.8 Å². The van der Waals surface area contributed by atoms with Crippen molar-refractivity contribution in [3.05, 3.63) is 12.2 Å². The second-order valence-electron chi connectivity index (χ2n) is 7.62. The molecule has 0 aromatic carbocycles. The Bertz CT molecular complexity index is 599. The molecule has 4 saturated carbocycles. The number of allylic oxidation sites excluding steroid dienone is 1. The van der Waals surface area contributed by atoms with Gasteiger partial charge in [0.15, 0.2) is 0 Å². The van der Waals surface area contributed by atoms with Crippen molar-refractivity contribution in [3.8, 4) is 0 Å². The maximum Gasteiger partial charge on any atom is 0.227 e. The summed E-state index contributed by atoms with van der Waals surface area (Å²) < 4.78 is 5.35. The fraction of sp³-hybridized carbons (Fsp3) is 0.765. The number of carbonyl (C=O) groups is 2. The van der Waals surface area contributed by atoms with Crippen LogP contribution in [0.15, 0.2) is 12.2 Å². The lowest BCUT2D eigenvalue weighted by Crippen LogP contribution is -2.53. The van der Waals surface area contributed by atoms with Gasteiger partial charge in [0.2, 0.25) is 5.91 Å². The van der Waals surface area contributed by atoms with Gasteiger partial charge in [0.05, 0.1) is 24.5 Å². The number of carbonyl (C=O) groups excluding carboxylic acids is 2. The fourth-order valence-corrected chi connectivity index (χ4v) is 7.04. The highest BCUT2D eigenvalue weighted by molar-refractivity contribution is 6.21. The van der Waals surface area contributed by atoms with Crippen LogP contribution >= 0.6 is 11.6 Å². The highest BCUT2D eigenvalue weighted by atomic mass is 35.5. The van der Waals surface area contributed by atoms with Gasteiger partial charge in [-0.05, 0) is 30.1 Å². The number of ketones is 1. The summed E-state index contributed by atoms with van der Waals surface area (Å²) in [6.45, 7) is 6.63. The third-order valence-electron chi connectivity index (χ3n) is 7.28. The molecular formula is C17H20ClNO3. The molecule has 5 rings (SSSR count). The van der Waals surface area contributed by atoms with E-state index < -0.39 is 5.41 Å². The Hall–Kier alpha value is -0.870. The molecule has 7 unspecified atom stereocenters. The number of amides is 1. The molecule has 0 aromatic rings. The number of alkyl halides is 1. The smallest absolute Gasteiger partial charge is 0.227 e. The molecule has 118 valence electrons. The maximum absolute atomic E-state index is 13.2. The van der Waals surface area contributed by atoms with Gasteiger partial charge >= 0.3 is 0 Å². The van der Waals surface area contributed by atoms with Crippen LogP contribution in [-0.2, 0) is 14.3 Å². The van der Waals surface area contributed by atoms with E-state index in [0.717, 1.165) is 12.0 Å². The summed E-state index contributed by atoms with van der Waals surface area (Å²) in [5.74, 6) is 1.89. The van der Waals surface area contributed by atoms with E-state index in [-0.39, 0.29) is 23.5 Å². The van der Waals surface area contributed by atoms with E-state index in [2.05, 4.69) is 6.58 Å². The molecule has 22 heavy (non-hydrogen) atoms. The highest BCUT2D eigenvalue weighted by Gasteiger charge is 2.82. The molecule has 0 N–H and O–H groups in total. The van der Waals surface area contributed by atoms with Gasteiger partial charge in [-0.3, -0.25) is 9.59 Å². The summed E-state index contributed by atoms with van der Waals surface area (Å²) in [6, 6.07) is 0. The van der Waals surface area contributed by atoms with Gasteiger partial charge in [-0.25, -0.2) is 0 Å². The van der Waals surface area contributed by atoms with Crippen LogP contribution in [0.1, 0.15) is 6.42 Å². The van der Waals surface area contributed by atoms with E-state index in [1.165, 1.54) is 0 Å². The molecule has 5 fully saturated rings. The van der Waals surface area contributed by atoms with E-state index in [9.17, 15) is 9.59 Å². The molecule has 1 aliphatic heterocycles. The van der Waals surface area contributed by atoms with Gasteiger partial charge in [-0.1, -0.05) is 12.2 Å². The van der Waals surface area contributed by atoms with Crippen LogP contribution in [0.5, 0.6) is 0 Å². The summed E-state index contributed by atoms with van der Waals surface area (Å²) in [7, 11) is 0. The van der Waals surface area contributed by atoms with Gasteiger partial charge in [-0.15, -0.1) is 11.6 Å². The van der Waals surface area contributed by atoms with Gasteiger partial charge in [0.25, 0.3) is 0 Å². The average Bonchev–Trinajstić information content (AvgIpc) is 3.06. The Morgan fingerprint density at radius 3 is 2.82 bits per heavy atom. The Balaban J connectivity index is 1.57. The zero-order valence-corrected chi connectivity index (χ0v) is 13.2. The Labute approximate surface area is 134 Å². The first-order valence-corrected chi connectivity index (χ1v) is 8.82. The summed E-state index contributed by atoms with van der Waals surface area (Å²) in [5, 5.41) is 0. The monoisotopic (exact) mass is 321 g/mol. The molecule has 0 radical (unpaired) electrons. The number of morpholine rings is 1. The number of hydrogen-bond donors (Lipinski definition) is 0. The minimum Gasteiger partial charge on any atom is -0.378 e. The van der Waals surface area contributed by atoms with Crippen LogP contribution in [0, 0.1) is 40.9 Å². The Morgan fingerprint density at radius 1 is 1.41 bits per heavy atom. The van der Waals surface area contributed by atoms with Gasteiger partial charge in [0, 0.05) is 24.9 Å². The minimum absolute atomic E-state index is 0.00115. The van der Waals surface area contributed by atoms with Crippen LogP contribution in [0.25, 0.3) is 0 Å². The quantitative estimate of drug-likeness (QED) is 0.569. The predicted octanol–water partition coefficient (Wildman–Crippen LogP) is 1.34. The molecular weight excluding hydrogens is 302 g/mol. The summed E-state index contributed by atoms with van der Waals surface area (Å²) in [6.07, 6.45) is 0.990. The van der Waals surface area contributed by atoms with Crippen molar-refractivity contribution >= 4 is 23.3 Å². The molecule has 7 atom stereocenters. The van der Waals surface area contributed by atoms with Crippen molar-refractivity contribution < 1.29 is 14.3 Å². The lowest BCUT2D eigenvalue weighted by Gasteiger charge is -2.47. The first-order chi connectivity index (χ1) is 10.6. The van der Waals surface area contributed by atoms with E-state index in [1.54, 1.807) is 0 Å². The van der Waals surface area contributed by atoms with E-state index >= 15 is 0 Å². The Morgan fingerprint density at radius 2 is 2.14 bits per heavy atom. The molecule has 4 nitrogen and oxygen atoms in total. The van der Waals surface area contributed by atoms with E-state index in [0.29, 0.717) is 55.9 Å². The number of nitrogens with zero attached hydrogens (tertiary/aromatic N) is 1. The molecule has 5 heteroatoms. The molecule has 0 aromatic heterocycles. The van der Waals surface area contributed by atoms with E-state index in [4.69, 9.17) is 16.3 Å². The normalized spacial score (nSPS) is 51.4. The highest BCUT2D eigenvalue weighted by Crippen LogP contribution is 2.79. The fourth-order valence-electron chi connectivity index (χ4n) is 6.54. The second-order valence-corrected chi connectivity index (χ2v) is 7.88. The van der Waals surface area contributed by atoms with Crippen LogP contribution in [0.3, 0.4) is 0 Å². The average molecular weight is 322 g/mol. The molecule has 1 amide bonds. The maximum atomic E-state index is 13.2. The first kappa shape index (κ1) is 13.6. The van der Waals surface area contributed by atoms with Crippen LogP contribution in [0.4, 0.5) is 0 Å². The number of Topliss-reactive ketones (excluding diaryl/α,β-unsaturated/α-hetero) is 1. The molecule has 1 saturated heterocycles. The molecule has 1 heterocycles. The summed E-state index contributed by atoms with van der Waals surface area (Å²) in [5.41, 5.74) is 0.485. The third-order valence-corrected chi connectivity index (χ3v) is 7.72. The third kappa shape index (κ3) is 1.21. The minimum atomic E-state index is -0.604. The van der Waals surface area contributed by atoms with Crippen LogP contribution in [0.2, 0.25) is 0 Å². The number of halogens is 1. The zero-order chi connectivity index (χ0) is 15.2. The van der Waals surface area contributed by atoms with E-state index in [1.807, 2.05) is 4.90 Å². The zero-order valence-electron chi connectivity index (χ0n) is 12.5. The van der Waals surface area contributed by atoms with Gasteiger partial charge < -0.3 is 9.64 Å². The van der Waals surface area contributed by atoms with Gasteiger partial charge in [0.1, 0.15) is 5.78 Å². The van der Waals surface area contributed by atoms with Crippen molar-refractivity contribution in [1.29, 1.82) is 0 Å². The number of hydrogen-bond acceptors (Lipinski definition) is 3. The number of rotatable bonds is 2. The first-order valence-electron chi connectivity index (χ1n) is 8.28. The molecule has 2 bridgehead atoms.